The number of para-hydroxylation sites is 2. The summed E-state index contributed by atoms with van der Waals surface area (Å²) in [5, 5.41) is 0. The summed E-state index contributed by atoms with van der Waals surface area (Å²) in [5.41, 5.74) is 4.13. The van der Waals surface area contributed by atoms with Gasteiger partial charge in [-0.25, -0.2) is 0 Å². The Bertz CT molecular complexity index is 970. The van der Waals surface area contributed by atoms with Crippen LogP contribution in [0.15, 0.2) is 78.9 Å². The summed E-state index contributed by atoms with van der Waals surface area (Å²) >= 11 is 0. The van der Waals surface area contributed by atoms with E-state index in [9.17, 15) is 4.79 Å². The minimum Gasteiger partial charge on any atom is -0.457 e. The van der Waals surface area contributed by atoms with Crippen LogP contribution in [-0.4, -0.2) is 5.97 Å². The average molecular weight is 356 g/mol. The van der Waals surface area contributed by atoms with E-state index < -0.39 is 0 Å². The minimum atomic E-state index is -0.338. The van der Waals surface area contributed by atoms with E-state index in [2.05, 4.69) is 0 Å². The first-order chi connectivity index (χ1) is 13.1. The van der Waals surface area contributed by atoms with Crippen molar-refractivity contribution in [1.29, 1.82) is 0 Å². The van der Waals surface area contributed by atoms with Crippen LogP contribution in [-0.2, 0) is 9.53 Å². The molecule has 3 nitrogen and oxygen atoms in total. The van der Waals surface area contributed by atoms with Gasteiger partial charge < -0.3 is 9.47 Å². The lowest BCUT2D eigenvalue weighted by Crippen LogP contribution is -2.10. The van der Waals surface area contributed by atoms with Gasteiger partial charge >= 0.3 is 5.97 Å². The van der Waals surface area contributed by atoms with E-state index in [1.165, 1.54) is 6.92 Å². The molecule has 0 atom stereocenters. The number of benzene rings is 3. The SMILES string of the molecule is CC(=O)OC(=CC1c2ccccc2Oc2ccccc21)c1ccc(C)cc1. The standard InChI is InChI=1S/C24H20O3/c1-16-11-13-18(14-12-16)24(26-17(2)25)15-21-19-7-3-5-9-22(19)27-23-10-6-4-8-20(21)23/h3-15,21H,1-2H3. The highest BCUT2D eigenvalue weighted by Gasteiger charge is 2.26. The van der Waals surface area contributed by atoms with Crippen molar-refractivity contribution >= 4 is 11.7 Å². The van der Waals surface area contributed by atoms with Crippen molar-refractivity contribution in [2.75, 3.05) is 0 Å². The largest absolute Gasteiger partial charge is 0.457 e. The van der Waals surface area contributed by atoms with Crippen LogP contribution in [0.5, 0.6) is 11.5 Å². The lowest BCUT2D eigenvalue weighted by molar-refractivity contribution is -0.134. The van der Waals surface area contributed by atoms with Gasteiger partial charge in [-0.2, -0.15) is 0 Å². The summed E-state index contributed by atoms with van der Waals surface area (Å²) in [6.45, 7) is 3.46. The van der Waals surface area contributed by atoms with Crippen molar-refractivity contribution in [3.63, 3.8) is 0 Å². The third kappa shape index (κ3) is 3.49. The van der Waals surface area contributed by atoms with Gasteiger partial charge in [-0.15, -0.1) is 0 Å². The molecule has 0 spiro atoms. The van der Waals surface area contributed by atoms with E-state index in [-0.39, 0.29) is 11.9 Å². The number of carbonyl (C=O) groups is 1. The van der Waals surface area contributed by atoms with E-state index in [0.717, 1.165) is 33.8 Å². The molecule has 0 bridgehead atoms. The number of fused-ring (bicyclic) bond motifs is 2. The zero-order chi connectivity index (χ0) is 18.8. The Hall–Kier alpha value is -3.33. The Kier molecular flexibility index (Phi) is 4.51. The quantitative estimate of drug-likeness (QED) is 0.437. The highest BCUT2D eigenvalue weighted by Crippen LogP contribution is 2.45. The molecule has 0 amide bonds. The fourth-order valence-electron chi connectivity index (χ4n) is 3.34. The number of esters is 1. The van der Waals surface area contributed by atoms with Crippen molar-refractivity contribution in [3.8, 4) is 11.5 Å². The lowest BCUT2D eigenvalue weighted by atomic mass is 9.87. The van der Waals surface area contributed by atoms with Crippen LogP contribution in [0.3, 0.4) is 0 Å². The normalized spacial score (nSPS) is 13.3. The Balaban J connectivity index is 1.87. The maximum atomic E-state index is 11.7. The summed E-state index contributed by atoms with van der Waals surface area (Å²) in [5.74, 6) is 1.79. The van der Waals surface area contributed by atoms with Gasteiger partial charge in [-0.3, -0.25) is 4.79 Å². The van der Waals surface area contributed by atoms with Gasteiger partial charge in [-0.1, -0.05) is 66.2 Å². The summed E-state index contributed by atoms with van der Waals surface area (Å²) in [6, 6.07) is 23.9. The van der Waals surface area contributed by atoms with Gasteiger partial charge in [0.05, 0.1) is 0 Å². The van der Waals surface area contributed by atoms with E-state index >= 15 is 0 Å². The van der Waals surface area contributed by atoms with Crippen molar-refractivity contribution in [2.45, 2.75) is 19.8 Å². The number of ether oxygens (including phenoxy) is 2. The van der Waals surface area contributed by atoms with E-state index in [1.807, 2.05) is 85.8 Å². The summed E-state index contributed by atoms with van der Waals surface area (Å²) < 4.78 is 11.6. The monoisotopic (exact) mass is 356 g/mol. The first-order valence-electron chi connectivity index (χ1n) is 8.95. The molecule has 134 valence electrons. The van der Waals surface area contributed by atoms with Crippen LogP contribution in [0.1, 0.15) is 35.1 Å². The first-order valence-corrected chi connectivity index (χ1v) is 8.95. The number of carbonyl (C=O) groups excluding carboxylic acids is 1. The molecule has 0 unspecified atom stereocenters. The molecular weight excluding hydrogens is 336 g/mol. The van der Waals surface area contributed by atoms with Gasteiger partial charge in [0.1, 0.15) is 17.3 Å². The Morgan fingerprint density at radius 2 is 1.44 bits per heavy atom. The van der Waals surface area contributed by atoms with Gasteiger partial charge in [0.15, 0.2) is 0 Å². The number of aryl methyl sites for hydroxylation is 1. The third-order valence-electron chi connectivity index (χ3n) is 4.64. The highest BCUT2D eigenvalue weighted by molar-refractivity contribution is 5.77. The van der Waals surface area contributed by atoms with E-state index in [0.29, 0.717) is 5.76 Å². The number of hydrogen-bond acceptors (Lipinski definition) is 3. The molecule has 27 heavy (non-hydrogen) atoms. The molecule has 1 heterocycles. The second kappa shape index (κ2) is 7.12. The Morgan fingerprint density at radius 1 is 0.889 bits per heavy atom. The Labute approximate surface area is 158 Å². The van der Waals surface area contributed by atoms with Gasteiger partial charge in [0.2, 0.25) is 0 Å². The second-order valence-corrected chi connectivity index (χ2v) is 6.65. The van der Waals surface area contributed by atoms with E-state index in [4.69, 9.17) is 9.47 Å². The van der Waals surface area contributed by atoms with E-state index in [1.54, 1.807) is 0 Å². The number of hydrogen-bond donors (Lipinski definition) is 0. The predicted octanol–water partition coefficient (Wildman–Crippen LogP) is 5.84. The molecule has 0 saturated carbocycles. The maximum absolute atomic E-state index is 11.7. The zero-order valence-corrected chi connectivity index (χ0v) is 15.3. The topological polar surface area (TPSA) is 35.5 Å². The van der Waals surface area contributed by atoms with Gasteiger partial charge in [-0.05, 0) is 25.1 Å². The molecule has 0 aliphatic carbocycles. The maximum Gasteiger partial charge on any atom is 0.308 e. The molecule has 0 N–H and O–H groups in total. The number of rotatable bonds is 3. The van der Waals surface area contributed by atoms with Gasteiger partial charge in [0.25, 0.3) is 0 Å². The van der Waals surface area contributed by atoms with Crippen LogP contribution >= 0.6 is 0 Å². The molecule has 3 aromatic carbocycles. The molecular formula is C24H20O3. The molecule has 3 aromatic rings. The zero-order valence-electron chi connectivity index (χ0n) is 15.3. The lowest BCUT2D eigenvalue weighted by Gasteiger charge is -2.26. The molecule has 1 aliphatic heterocycles. The van der Waals surface area contributed by atoms with Crippen LogP contribution in [0.2, 0.25) is 0 Å². The Morgan fingerprint density at radius 3 is 2.00 bits per heavy atom. The molecule has 4 rings (SSSR count). The average Bonchev–Trinajstić information content (AvgIpc) is 2.67. The van der Waals surface area contributed by atoms with Crippen LogP contribution < -0.4 is 4.74 Å². The number of allylic oxidation sites excluding steroid dienone is 1. The van der Waals surface area contributed by atoms with Crippen molar-refractivity contribution < 1.29 is 14.3 Å². The first kappa shape index (κ1) is 17.1. The highest BCUT2D eigenvalue weighted by atomic mass is 16.5. The molecule has 0 saturated heterocycles. The molecule has 0 radical (unpaired) electrons. The van der Waals surface area contributed by atoms with Crippen LogP contribution in [0.4, 0.5) is 0 Å². The molecule has 0 fully saturated rings. The fraction of sp³-hybridized carbons (Fsp3) is 0.125. The molecule has 3 heteroatoms. The minimum absolute atomic E-state index is 0.0678. The van der Waals surface area contributed by atoms with Crippen molar-refractivity contribution in [1.82, 2.24) is 0 Å². The summed E-state index contributed by atoms with van der Waals surface area (Å²) in [4.78, 5) is 11.7. The van der Waals surface area contributed by atoms with Crippen LogP contribution in [0.25, 0.3) is 5.76 Å². The molecule has 1 aliphatic rings. The second-order valence-electron chi connectivity index (χ2n) is 6.65. The van der Waals surface area contributed by atoms with Crippen LogP contribution in [0, 0.1) is 6.92 Å². The van der Waals surface area contributed by atoms with Crippen molar-refractivity contribution in [3.05, 3.63) is 101 Å². The summed E-state index contributed by atoms with van der Waals surface area (Å²) in [6.07, 6.45) is 2.01. The smallest absolute Gasteiger partial charge is 0.308 e. The third-order valence-corrected chi connectivity index (χ3v) is 4.64. The molecule has 0 aromatic heterocycles. The predicted molar refractivity (Wildman–Crippen MR) is 106 cm³/mol. The summed E-state index contributed by atoms with van der Waals surface area (Å²) in [7, 11) is 0. The fourth-order valence-corrected chi connectivity index (χ4v) is 3.34. The van der Waals surface area contributed by atoms with Crippen molar-refractivity contribution in [2.24, 2.45) is 0 Å². The van der Waals surface area contributed by atoms with Gasteiger partial charge in [0, 0.05) is 29.5 Å².